The van der Waals surface area contributed by atoms with E-state index >= 15 is 0 Å². The molecule has 0 aliphatic carbocycles. The zero-order chi connectivity index (χ0) is 12.3. The van der Waals surface area contributed by atoms with Crippen LogP contribution in [0.5, 0.6) is 0 Å². The van der Waals surface area contributed by atoms with Crippen LogP contribution < -0.4 is 11.5 Å². The number of likely N-dealkylation sites (tertiary alicyclic amines) is 1. The van der Waals surface area contributed by atoms with E-state index in [2.05, 4.69) is 0 Å². The molecule has 1 fully saturated rings. The molecule has 0 bridgehead atoms. The van der Waals surface area contributed by atoms with Gasteiger partial charge in [-0.15, -0.1) is 0 Å². The van der Waals surface area contributed by atoms with Crippen LogP contribution in [0.1, 0.15) is 24.0 Å². The van der Waals surface area contributed by atoms with Crippen LogP contribution in [0.25, 0.3) is 0 Å². The quantitative estimate of drug-likeness (QED) is 0.802. The predicted octanol–water partition coefficient (Wildman–Crippen LogP) is 0.595. The standard InChI is InChI=1S/C13H19N3O/c14-8-10-3-5-11(6-4-10)9-16-7-1-2-12(15)13(16)17/h3-6,12H,1-2,7-9,14-15H2. The number of nitrogens with zero attached hydrogens (tertiary/aromatic N) is 1. The van der Waals surface area contributed by atoms with Crippen molar-refractivity contribution in [1.29, 1.82) is 0 Å². The molecule has 1 saturated heterocycles. The summed E-state index contributed by atoms with van der Waals surface area (Å²) in [5, 5.41) is 0. The Morgan fingerprint density at radius 2 is 1.88 bits per heavy atom. The first-order valence-electron chi connectivity index (χ1n) is 6.03. The van der Waals surface area contributed by atoms with E-state index < -0.39 is 0 Å². The fourth-order valence-electron chi connectivity index (χ4n) is 2.13. The molecule has 4 heteroatoms. The highest BCUT2D eigenvalue weighted by molar-refractivity contribution is 5.82. The summed E-state index contributed by atoms with van der Waals surface area (Å²) >= 11 is 0. The van der Waals surface area contributed by atoms with Crippen LogP contribution in [0.4, 0.5) is 0 Å². The van der Waals surface area contributed by atoms with Crippen molar-refractivity contribution in [3.63, 3.8) is 0 Å². The average molecular weight is 233 g/mol. The van der Waals surface area contributed by atoms with Crippen molar-refractivity contribution in [1.82, 2.24) is 4.90 Å². The lowest BCUT2D eigenvalue weighted by atomic mass is 10.0. The number of hydrogen-bond acceptors (Lipinski definition) is 3. The number of carbonyl (C=O) groups excluding carboxylic acids is 1. The van der Waals surface area contributed by atoms with E-state index in [0.717, 1.165) is 30.5 Å². The van der Waals surface area contributed by atoms with Crippen molar-refractivity contribution in [3.8, 4) is 0 Å². The molecule has 0 radical (unpaired) electrons. The third-order valence-electron chi connectivity index (χ3n) is 3.20. The molecule has 1 aliphatic heterocycles. The van der Waals surface area contributed by atoms with Crippen molar-refractivity contribution in [2.45, 2.75) is 32.0 Å². The van der Waals surface area contributed by atoms with Gasteiger partial charge in [-0.25, -0.2) is 0 Å². The SMILES string of the molecule is NCc1ccc(CN2CCCC(N)C2=O)cc1. The average Bonchev–Trinajstić information content (AvgIpc) is 2.36. The second kappa shape index (κ2) is 5.29. The van der Waals surface area contributed by atoms with Gasteiger partial charge in [-0.05, 0) is 24.0 Å². The van der Waals surface area contributed by atoms with Crippen LogP contribution in [-0.2, 0) is 17.9 Å². The Bertz CT molecular complexity index is 388. The summed E-state index contributed by atoms with van der Waals surface area (Å²) in [5.41, 5.74) is 13.5. The van der Waals surface area contributed by atoms with E-state index in [1.807, 2.05) is 29.2 Å². The maximum absolute atomic E-state index is 11.8. The molecule has 1 unspecified atom stereocenters. The van der Waals surface area contributed by atoms with Gasteiger partial charge in [0.15, 0.2) is 0 Å². The Hall–Kier alpha value is -1.39. The van der Waals surface area contributed by atoms with Crippen LogP contribution in [0, 0.1) is 0 Å². The van der Waals surface area contributed by atoms with Gasteiger partial charge in [-0.1, -0.05) is 24.3 Å². The Kier molecular flexibility index (Phi) is 3.76. The molecule has 2 rings (SSSR count). The maximum atomic E-state index is 11.8. The Balaban J connectivity index is 2.01. The van der Waals surface area contributed by atoms with Crippen LogP contribution >= 0.6 is 0 Å². The summed E-state index contributed by atoms with van der Waals surface area (Å²) in [6.45, 7) is 2.01. The van der Waals surface area contributed by atoms with Crippen LogP contribution in [-0.4, -0.2) is 23.4 Å². The molecule has 1 aromatic rings. The zero-order valence-corrected chi connectivity index (χ0v) is 9.93. The molecule has 1 aliphatic rings. The van der Waals surface area contributed by atoms with Gasteiger partial charge < -0.3 is 16.4 Å². The van der Waals surface area contributed by atoms with Crippen LogP contribution in [0.2, 0.25) is 0 Å². The van der Waals surface area contributed by atoms with Crippen molar-refractivity contribution < 1.29 is 4.79 Å². The van der Waals surface area contributed by atoms with Gasteiger partial charge >= 0.3 is 0 Å². The zero-order valence-electron chi connectivity index (χ0n) is 9.93. The molecule has 0 aromatic heterocycles. The highest BCUT2D eigenvalue weighted by atomic mass is 16.2. The smallest absolute Gasteiger partial charge is 0.239 e. The molecular formula is C13H19N3O. The summed E-state index contributed by atoms with van der Waals surface area (Å²) in [6.07, 6.45) is 1.80. The van der Waals surface area contributed by atoms with Crippen LogP contribution in [0.15, 0.2) is 24.3 Å². The second-order valence-corrected chi connectivity index (χ2v) is 4.53. The number of benzene rings is 1. The summed E-state index contributed by atoms with van der Waals surface area (Å²) in [7, 11) is 0. The molecule has 0 saturated carbocycles. The van der Waals surface area contributed by atoms with E-state index in [0.29, 0.717) is 13.1 Å². The van der Waals surface area contributed by atoms with Gasteiger partial charge in [0, 0.05) is 19.6 Å². The molecule has 92 valence electrons. The van der Waals surface area contributed by atoms with Crippen molar-refractivity contribution in [2.24, 2.45) is 11.5 Å². The van der Waals surface area contributed by atoms with Crippen molar-refractivity contribution in [3.05, 3.63) is 35.4 Å². The number of amides is 1. The van der Waals surface area contributed by atoms with Crippen LogP contribution in [0.3, 0.4) is 0 Å². The Morgan fingerprint density at radius 1 is 1.24 bits per heavy atom. The van der Waals surface area contributed by atoms with Crippen molar-refractivity contribution >= 4 is 5.91 Å². The normalized spacial score (nSPS) is 20.7. The Labute approximate surface area is 102 Å². The number of rotatable bonds is 3. The van der Waals surface area contributed by atoms with Crippen molar-refractivity contribution in [2.75, 3.05) is 6.54 Å². The fraction of sp³-hybridized carbons (Fsp3) is 0.462. The van der Waals surface area contributed by atoms with E-state index in [1.54, 1.807) is 0 Å². The minimum absolute atomic E-state index is 0.0687. The summed E-state index contributed by atoms with van der Waals surface area (Å²) < 4.78 is 0. The highest BCUT2D eigenvalue weighted by Crippen LogP contribution is 2.14. The monoisotopic (exact) mass is 233 g/mol. The maximum Gasteiger partial charge on any atom is 0.239 e. The molecule has 1 atom stereocenters. The summed E-state index contributed by atoms with van der Waals surface area (Å²) in [5.74, 6) is 0.0687. The number of carbonyl (C=O) groups is 1. The number of hydrogen-bond donors (Lipinski definition) is 2. The molecule has 0 spiro atoms. The number of piperidine rings is 1. The van der Waals surface area contributed by atoms with Gasteiger partial charge in [0.2, 0.25) is 5.91 Å². The summed E-state index contributed by atoms with van der Waals surface area (Å²) in [6, 6.07) is 7.74. The minimum atomic E-state index is -0.313. The lowest BCUT2D eigenvalue weighted by Gasteiger charge is -2.30. The molecular weight excluding hydrogens is 214 g/mol. The predicted molar refractivity (Wildman–Crippen MR) is 67.0 cm³/mol. The molecule has 1 aromatic carbocycles. The summed E-state index contributed by atoms with van der Waals surface area (Å²) in [4.78, 5) is 13.7. The lowest BCUT2D eigenvalue weighted by Crippen LogP contribution is -2.47. The third-order valence-corrected chi connectivity index (χ3v) is 3.20. The van der Waals surface area contributed by atoms with Gasteiger partial charge in [-0.3, -0.25) is 4.79 Å². The van der Waals surface area contributed by atoms with Gasteiger partial charge in [0.05, 0.1) is 6.04 Å². The first kappa shape index (κ1) is 12.1. The first-order chi connectivity index (χ1) is 8.20. The third kappa shape index (κ3) is 2.84. The molecule has 1 amide bonds. The molecule has 4 N–H and O–H groups in total. The highest BCUT2D eigenvalue weighted by Gasteiger charge is 2.25. The Morgan fingerprint density at radius 3 is 2.53 bits per heavy atom. The van der Waals surface area contributed by atoms with E-state index in [-0.39, 0.29) is 11.9 Å². The first-order valence-corrected chi connectivity index (χ1v) is 6.03. The van der Waals surface area contributed by atoms with Gasteiger partial charge in [0.25, 0.3) is 0 Å². The van der Waals surface area contributed by atoms with Gasteiger partial charge in [0.1, 0.15) is 0 Å². The molecule has 1 heterocycles. The largest absolute Gasteiger partial charge is 0.337 e. The van der Waals surface area contributed by atoms with Gasteiger partial charge in [-0.2, -0.15) is 0 Å². The van der Waals surface area contributed by atoms with E-state index in [4.69, 9.17) is 11.5 Å². The number of nitrogens with two attached hydrogens (primary N) is 2. The van der Waals surface area contributed by atoms with E-state index in [9.17, 15) is 4.79 Å². The molecule has 4 nitrogen and oxygen atoms in total. The topological polar surface area (TPSA) is 72.3 Å². The minimum Gasteiger partial charge on any atom is -0.337 e. The second-order valence-electron chi connectivity index (χ2n) is 4.53. The fourth-order valence-corrected chi connectivity index (χ4v) is 2.13. The molecule has 17 heavy (non-hydrogen) atoms. The van der Waals surface area contributed by atoms with E-state index in [1.165, 1.54) is 0 Å². The lowest BCUT2D eigenvalue weighted by molar-refractivity contribution is -0.135.